The first-order valence-corrected chi connectivity index (χ1v) is 7.73. The zero-order valence-corrected chi connectivity index (χ0v) is 13.2. The van der Waals surface area contributed by atoms with Crippen LogP contribution < -0.4 is 9.47 Å². The highest BCUT2D eigenvalue weighted by atomic mass is 16.5. The third kappa shape index (κ3) is 4.13. The standard InChI is InChI=1S/C17H25NO3/c1-4-16(17(19)18-11-5-6-13(2)12-18)21-15-9-7-14(20-3)8-10-15/h7-10,13,16H,4-6,11-12H2,1-3H3/t13-,16+/m0/s1. The van der Waals surface area contributed by atoms with E-state index in [2.05, 4.69) is 6.92 Å². The maximum Gasteiger partial charge on any atom is 0.263 e. The van der Waals surface area contributed by atoms with E-state index in [4.69, 9.17) is 9.47 Å². The lowest BCUT2D eigenvalue weighted by molar-refractivity contribution is -0.140. The molecule has 21 heavy (non-hydrogen) atoms. The molecule has 1 aliphatic rings. The van der Waals surface area contributed by atoms with Gasteiger partial charge in [0, 0.05) is 13.1 Å². The van der Waals surface area contributed by atoms with Gasteiger partial charge in [-0.25, -0.2) is 0 Å². The van der Waals surface area contributed by atoms with E-state index in [9.17, 15) is 4.79 Å². The van der Waals surface area contributed by atoms with Gasteiger partial charge in [0.1, 0.15) is 11.5 Å². The van der Waals surface area contributed by atoms with Gasteiger partial charge in [0.05, 0.1) is 7.11 Å². The van der Waals surface area contributed by atoms with Crippen LogP contribution in [0.25, 0.3) is 0 Å². The Kier molecular flexibility index (Phi) is 5.48. The van der Waals surface area contributed by atoms with E-state index < -0.39 is 6.10 Å². The number of ether oxygens (including phenoxy) is 2. The summed E-state index contributed by atoms with van der Waals surface area (Å²) < 4.78 is 11.0. The zero-order valence-electron chi connectivity index (χ0n) is 13.2. The molecule has 1 saturated heterocycles. The molecule has 1 aliphatic heterocycles. The summed E-state index contributed by atoms with van der Waals surface area (Å²) in [4.78, 5) is 14.5. The van der Waals surface area contributed by atoms with E-state index in [0.717, 1.165) is 25.3 Å². The molecule has 0 unspecified atom stereocenters. The molecule has 0 aliphatic carbocycles. The van der Waals surface area contributed by atoms with Crippen molar-refractivity contribution in [1.29, 1.82) is 0 Å². The highest BCUT2D eigenvalue weighted by molar-refractivity contribution is 5.81. The van der Waals surface area contributed by atoms with E-state index in [1.54, 1.807) is 7.11 Å². The van der Waals surface area contributed by atoms with Crippen molar-refractivity contribution in [3.05, 3.63) is 24.3 Å². The number of benzene rings is 1. The minimum absolute atomic E-state index is 0.111. The summed E-state index contributed by atoms with van der Waals surface area (Å²) in [5, 5.41) is 0. The van der Waals surface area contributed by atoms with Gasteiger partial charge in [0.25, 0.3) is 5.91 Å². The number of carbonyl (C=O) groups is 1. The SMILES string of the molecule is CC[C@@H](Oc1ccc(OC)cc1)C(=O)N1CCC[C@H](C)C1. The number of hydrogen-bond acceptors (Lipinski definition) is 3. The second-order valence-corrected chi connectivity index (χ2v) is 5.72. The monoisotopic (exact) mass is 291 g/mol. The van der Waals surface area contributed by atoms with Crippen LogP contribution in [0.2, 0.25) is 0 Å². The highest BCUT2D eigenvalue weighted by Crippen LogP contribution is 2.21. The Morgan fingerprint density at radius 2 is 2.00 bits per heavy atom. The lowest BCUT2D eigenvalue weighted by Gasteiger charge is -2.33. The van der Waals surface area contributed by atoms with Crippen LogP contribution in [0.3, 0.4) is 0 Å². The zero-order chi connectivity index (χ0) is 15.2. The molecule has 1 fully saturated rings. The molecule has 0 radical (unpaired) electrons. The van der Waals surface area contributed by atoms with Gasteiger partial charge in [-0.1, -0.05) is 13.8 Å². The molecule has 1 aromatic rings. The number of amides is 1. The predicted octanol–water partition coefficient (Wildman–Crippen LogP) is 3.11. The molecule has 4 heteroatoms. The van der Waals surface area contributed by atoms with Gasteiger partial charge in [-0.2, -0.15) is 0 Å². The number of likely N-dealkylation sites (tertiary alicyclic amines) is 1. The van der Waals surface area contributed by atoms with Gasteiger partial charge in [-0.05, 0) is 49.4 Å². The van der Waals surface area contributed by atoms with Crippen LogP contribution in [-0.4, -0.2) is 37.1 Å². The molecule has 0 bridgehead atoms. The second kappa shape index (κ2) is 7.34. The highest BCUT2D eigenvalue weighted by Gasteiger charge is 2.27. The smallest absolute Gasteiger partial charge is 0.263 e. The molecule has 0 saturated carbocycles. The van der Waals surface area contributed by atoms with Crippen molar-refractivity contribution in [2.24, 2.45) is 5.92 Å². The van der Waals surface area contributed by atoms with Crippen LogP contribution in [0.1, 0.15) is 33.1 Å². The summed E-state index contributed by atoms with van der Waals surface area (Å²) >= 11 is 0. The van der Waals surface area contributed by atoms with Crippen LogP contribution >= 0.6 is 0 Å². The summed E-state index contributed by atoms with van der Waals surface area (Å²) in [5.41, 5.74) is 0. The molecular formula is C17H25NO3. The van der Waals surface area contributed by atoms with Crippen molar-refractivity contribution >= 4 is 5.91 Å². The number of carbonyl (C=O) groups excluding carboxylic acids is 1. The summed E-state index contributed by atoms with van der Waals surface area (Å²) in [6.45, 7) is 5.89. The first-order valence-electron chi connectivity index (χ1n) is 7.73. The van der Waals surface area contributed by atoms with Gasteiger partial charge < -0.3 is 14.4 Å². The minimum Gasteiger partial charge on any atom is -0.497 e. The topological polar surface area (TPSA) is 38.8 Å². The van der Waals surface area contributed by atoms with Crippen LogP contribution in [-0.2, 0) is 4.79 Å². The fourth-order valence-corrected chi connectivity index (χ4v) is 2.72. The summed E-state index contributed by atoms with van der Waals surface area (Å²) in [5.74, 6) is 2.19. The average Bonchev–Trinajstić information content (AvgIpc) is 2.52. The third-order valence-corrected chi connectivity index (χ3v) is 3.95. The maximum atomic E-state index is 12.6. The van der Waals surface area contributed by atoms with Crippen molar-refractivity contribution in [1.82, 2.24) is 4.90 Å². The van der Waals surface area contributed by atoms with Crippen molar-refractivity contribution in [3.8, 4) is 11.5 Å². The molecule has 0 N–H and O–H groups in total. The van der Waals surface area contributed by atoms with E-state index >= 15 is 0 Å². The fourth-order valence-electron chi connectivity index (χ4n) is 2.72. The summed E-state index contributed by atoms with van der Waals surface area (Å²) in [6.07, 6.45) is 2.57. The van der Waals surface area contributed by atoms with Gasteiger partial charge in [-0.15, -0.1) is 0 Å². The molecular weight excluding hydrogens is 266 g/mol. The average molecular weight is 291 g/mol. The quantitative estimate of drug-likeness (QED) is 0.836. The molecule has 0 aromatic heterocycles. The van der Waals surface area contributed by atoms with Crippen molar-refractivity contribution < 1.29 is 14.3 Å². The Labute approximate surface area is 127 Å². The van der Waals surface area contributed by atoms with Crippen LogP contribution in [0, 0.1) is 5.92 Å². The summed E-state index contributed by atoms with van der Waals surface area (Å²) in [7, 11) is 1.63. The number of hydrogen-bond donors (Lipinski definition) is 0. The Morgan fingerprint density at radius 1 is 1.33 bits per heavy atom. The van der Waals surface area contributed by atoms with E-state index in [1.165, 1.54) is 6.42 Å². The van der Waals surface area contributed by atoms with Gasteiger partial charge >= 0.3 is 0 Å². The van der Waals surface area contributed by atoms with Crippen molar-refractivity contribution in [2.45, 2.75) is 39.2 Å². The number of nitrogens with zero attached hydrogens (tertiary/aromatic N) is 1. The minimum atomic E-state index is -0.399. The lowest BCUT2D eigenvalue weighted by Crippen LogP contribution is -2.46. The Hall–Kier alpha value is -1.71. The van der Waals surface area contributed by atoms with Gasteiger partial charge in [-0.3, -0.25) is 4.79 Å². The Morgan fingerprint density at radius 3 is 2.57 bits per heavy atom. The normalized spacial score (nSPS) is 20.0. The fraction of sp³-hybridized carbons (Fsp3) is 0.588. The Bertz CT molecular complexity index is 458. The van der Waals surface area contributed by atoms with E-state index in [1.807, 2.05) is 36.1 Å². The summed E-state index contributed by atoms with van der Waals surface area (Å²) in [6, 6.07) is 7.37. The molecule has 0 spiro atoms. The molecule has 1 aromatic carbocycles. The Balaban J connectivity index is 1.99. The first-order chi connectivity index (χ1) is 10.1. The largest absolute Gasteiger partial charge is 0.497 e. The van der Waals surface area contributed by atoms with Crippen LogP contribution in [0.5, 0.6) is 11.5 Å². The molecule has 116 valence electrons. The number of rotatable bonds is 5. The van der Waals surface area contributed by atoms with Crippen molar-refractivity contribution in [2.75, 3.05) is 20.2 Å². The second-order valence-electron chi connectivity index (χ2n) is 5.72. The van der Waals surface area contributed by atoms with Gasteiger partial charge in [0.15, 0.2) is 6.10 Å². The molecule has 1 amide bonds. The van der Waals surface area contributed by atoms with E-state index in [-0.39, 0.29) is 5.91 Å². The number of methoxy groups -OCH3 is 1. The molecule has 1 heterocycles. The van der Waals surface area contributed by atoms with E-state index in [0.29, 0.717) is 18.1 Å². The lowest BCUT2D eigenvalue weighted by atomic mass is 9.99. The van der Waals surface area contributed by atoms with Crippen LogP contribution in [0.4, 0.5) is 0 Å². The molecule has 4 nitrogen and oxygen atoms in total. The maximum absolute atomic E-state index is 12.6. The molecule has 2 atom stereocenters. The van der Waals surface area contributed by atoms with Gasteiger partial charge in [0.2, 0.25) is 0 Å². The predicted molar refractivity (Wildman–Crippen MR) is 82.7 cm³/mol. The number of piperidine rings is 1. The van der Waals surface area contributed by atoms with Crippen molar-refractivity contribution in [3.63, 3.8) is 0 Å². The van der Waals surface area contributed by atoms with Crippen LogP contribution in [0.15, 0.2) is 24.3 Å². The molecule has 2 rings (SSSR count). The first kappa shape index (κ1) is 15.7. The third-order valence-electron chi connectivity index (χ3n) is 3.95.